The fourth-order valence-electron chi connectivity index (χ4n) is 1.50. The third kappa shape index (κ3) is 2.70. The van der Waals surface area contributed by atoms with Crippen LogP contribution < -0.4 is 10.6 Å². The summed E-state index contributed by atoms with van der Waals surface area (Å²) in [6, 6.07) is 5.49. The molecule has 86 valence electrons. The summed E-state index contributed by atoms with van der Waals surface area (Å²) in [4.78, 5) is 11.8. The van der Waals surface area contributed by atoms with Crippen LogP contribution in [0.15, 0.2) is 18.2 Å². The minimum absolute atomic E-state index is 0.0178. The zero-order chi connectivity index (χ0) is 11.5. The highest BCUT2D eigenvalue weighted by molar-refractivity contribution is 7.99. The lowest BCUT2D eigenvalue weighted by molar-refractivity contribution is -0.117. The van der Waals surface area contributed by atoms with Crippen molar-refractivity contribution in [2.75, 3.05) is 16.9 Å². The first kappa shape index (κ1) is 11.8. The topological polar surface area (TPSA) is 41.1 Å². The van der Waals surface area contributed by atoms with Crippen LogP contribution in [0.25, 0.3) is 0 Å². The zero-order valence-corrected chi connectivity index (χ0v) is 10.5. The molecule has 1 unspecified atom stereocenters. The second-order valence-corrected chi connectivity index (χ2v) is 5.18. The largest absolute Gasteiger partial charge is 0.323 e. The molecule has 2 rings (SSSR count). The number of hydrogen-bond donors (Lipinski definition) is 2. The van der Waals surface area contributed by atoms with E-state index in [2.05, 4.69) is 10.6 Å². The molecule has 0 aromatic heterocycles. The Kier molecular flexibility index (Phi) is 3.74. The first-order chi connectivity index (χ1) is 7.66. The van der Waals surface area contributed by atoms with E-state index in [9.17, 15) is 4.79 Å². The maximum absolute atomic E-state index is 11.8. The Labute approximate surface area is 104 Å². The van der Waals surface area contributed by atoms with Gasteiger partial charge in [-0.2, -0.15) is 0 Å². The average molecular weight is 257 g/mol. The number of amides is 1. The molecule has 1 atom stereocenters. The third-order valence-electron chi connectivity index (χ3n) is 2.42. The van der Waals surface area contributed by atoms with Crippen molar-refractivity contribution < 1.29 is 4.79 Å². The molecule has 1 aliphatic heterocycles. The van der Waals surface area contributed by atoms with Crippen molar-refractivity contribution >= 4 is 35.0 Å². The Hall–Kier alpha value is -0.710. The quantitative estimate of drug-likeness (QED) is 0.853. The molecule has 1 aromatic carbocycles. The number of anilines is 1. The van der Waals surface area contributed by atoms with E-state index in [-0.39, 0.29) is 11.9 Å². The minimum atomic E-state index is -0.109. The van der Waals surface area contributed by atoms with Gasteiger partial charge in [0.15, 0.2) is 0 Å². The minimum Gasteiger partial charge on any atom is -0.323 e. The molecule has 1 amide bonds. The Morgan fingerprint density at radius 1 is 1.62 bits per heavy atom. The van der Waals surface area contributed by atoms with Crippen LogP contribution in [0.1, 0.15) is 5.56 Å². The van der Waals surface area contributed by atoms with E-state index >= 15 is 0 Å². The van der Waals surface area contributed by atoms with Gasteiger partial charge in [-0.05, 0) is 24.6 Å². The lowest BCUT2D eigenvalue weighted by Gasteiger charge is -2.11. The van der Waals surface area contributed by atoms with Crippen molar-refractivity contribution in [3.63, 3.8) is 0 Å². The predicted molar refractivity (Wildman–Crippen MR) is 69.1 cm³/mol. The van der Waals surface area contributed by atoms with Crippen LogP contribution in [0.4, 0.5) is 5.69 Å². The van der Waals surface area contributed by atoms with E-state index < -0.39 is 0 Å². The first-order valence-corrected chi connectivity index (χ1v) is 6.58. The van der Waals surface area contributed by atoms with Crippen molar-refractivity contribution in [3.05, 3.63) is 28.8 Å². The van der Waals surface area contributed by atoms with Crippen LogP contribution in [0, 0.1) is 6.92 Å². The van der Waals surface area contributed by atoms with E-state index in [0.717, 1.165) is 17.2 Å². The van der Waals surface area contributed by atoms with Gasteiger partial charge >= 0.3 is 0 Å². The van der Waals surface area contributed by atoms with E-state index in [0.29, 0.717) is 10.7 Å². The molecule has 1 aromatic rings. The van der Waals surface area contributed by atoms with Gasteiger partial charge in [0, 0.05) is 11.6 Å². The predicted octanol–water partition coefficient (Wildman–Crippen LogP) is 2.25. The number of thioether (sulfide) groups is 1. The second-order valence-electron chi connectivity index (χ2n) is 3.74. The molecule has 0 aliphatic carbocycles. The molecule has 5 heteroatoms. The number of halogens is 1. The van der Waals surface area contributed by atoms with Crippen LogP contribution in [-0.2, 0) is 4.79 Å². The number of carbonyl (C=O) groups excluding carboxylic acids is 1. The Balaban J connectivity index is 2.05. The molecule has 0 radical (unpaired) electrons. The summed E-state index contributed by atoms with van der Waals surface area (Å²) in [5.41, 5.74) is 1.76. The van der Waals surface area contributed by atoms with Crippen molar-refractivity contribution in [1.29, 1.82) is 0 Å². The average Bonchev–Trinajstić information content (AvgIpc) is 2.75. The maximum atomic E-state index is 11.8. The van der Waals surface area contributed by atoms with Gasteiger partial charge in [-0.3, -0.25) is 10.1 Å². The van der Waals surface area contributed by atoms with Crippen LogP contribution in [0.5, 0.6) is 0 Å². The Bertz CT molecular complexity index is 405. The third-order valence-corrected chi connectivity index (χ3v) is 3.67. The Morgan fingerprint density at radius 2 is 2.44 bits per heavy atom. The van der Waals surface area contributed by atoms with Crippen LogP contribution in [0.3, 0.4) is 0 Å². The summed E-state index contributed by atoms with van der Waals surface area (Å²) in [5.74, 6) is 1.63. The smallest absolute Gasteiger partial charge is 0.242 e. The fraction of sp³-hybridized carbons (Fsp3) is 0.364. The zero-order valence-electron chi connectivity index (χ0n) is 8.92. The number of benzene rings is 1. The van der Waals surface area contributed by atoms with Crippen LogP contribution in [-0.4, -0.2) is 23.6 Å². The summed E-state index contributed by atoms with van der Waals surface area (Å²) in [7, 11) is 0. The molecule has 3 nitrogen and oxygen atoms in total. The van der Waals surface area contributed by atoms with Gasteiger partial charge in [-0.1, -0.05) is 17.7 Å². The number of nitrogens with one attached hydrogen (secondary N) is 2. The van der Waals surface area contributed by atoms with Gasteiger partial charge in [0.1, 0.15) is 0 Å². The Morgan fingerprint density at radius 3 is 3.06 bits per heavy atom. The highest BCUT2D eigenvalue weighted by Crippen LogP contribution is 2.23. The molecular weight excluding hydrogens is 244 g/mol. The molecular formula is C11H13ClN2OS. The molecule has 1 aliphatic rings. The van der Waals surface area contributed by atoms with E-state index in [4.69, 9.17) is 11.6 Å². The highest BCUT2D eigenvalue weighted by atomic mass is 35.5. The van der Waals surface area contributed by atoms with Crippen molar-refractivity contribution in [3.8, 4) is 0 Å². The molecule has 0 bridgehead atoms. The van der Waals surface area contributed by atoms with Crippen LogP contribution >= 0.6 is 23.4 Å². The SMILES string of the molecule is Cc1ccc(NC(=O)C2CSCN2)c(Cl)c1. The first-order valence-electron chi connectivity index (χ1n) is 5.05. The van der Waals surface area contributed by atoms with Crippen molar-refractivity contribution in [2.24, 2.45) is 0 Å². The molecule has 1 heterocycles. The number of aryl methyl sites for hydroxylation is 1. The fourth-order valence-corrected chi connectivity index (χ4v) is 2.73. The van der Waals surface area contributed by atoms with E-state index in [1.807, 2.05) is 25.1 Å². The molecule has 16 heavy (non-hydrogen) atoms. The van der Waals surface area contributed by atoms with Crippen LogP contribution in [0.2, 0.25) is 5.02 Å². The molecule has 1 saturated heterocycles. The number of rotatable bonds is 2. The standard InChI is InChI=1S/C11H13ClN2OS/c1-7-2-3-9(8(12)4-7)14-11(15)10-5-16-6-13-10/h2-4,10,13H,5-6H2,1H3,(H,14,15). The highest BCUT2D eigenvalue weighted by Gasteiger charge is 2.22. The number of hydrogen-bond acceptors (Lipinski definition) is 3. The van der Waals surface area contributed by atoms with Gasteiger partial charge < -0.3 is 5.32 Å². The molecule has 0 saturated carbocycles. The van der Waals surface area contributed by atoms with Gasteiger partial charge in [-0.25, -0.2) is 0 Å². The molecule has 2 N–H and O–H groups in total. The van der Waals surface area contributed by atoms with Gasteiger partial charge in [0.05, 0.1) is 16.8 Å². The van der Waals surface area contributed by atoms with E-state index in [1.165, 1.54) is 0 Å². The summed E-state index contributed by atoms with van der Waals surface area (Å²) >= 11 is 7.76. The summed E-state index contributed by atoms with van der Waals surface area (Å²) in [6.07, 6.45) is 0. The summed E-state index contributed by atoms with van der Waals surface area (Å²) < 4.78 is 0. The lowest BCUT2D eigenvalue weighted by Crippen LogP contribution is -2.37. The molecule has 1 fully saturated rings. The normalized spacial score (nSPS) is 19.8. The van der Waals surface area contributed by atoms with Crippen molar-refractivity contribution in [2.45, 2.75) is 13.0 Å². The van der Waals surface area contributed by atoms with E-state index in [1.54, 1.807) is 11.8 Å². The summed E-state index contributed by atoms with van der Waals surface area (Å²) in [5, 5.41) is 6.53. The lowest BCUT2D eigenvalue weighted by atomic mass is 10.2. The molecule has 0 spiro atoms. The van der Waals surface area contributed by atoms with Gasteiger partial charge in [0.2, 0.25) is 5.91 Å². The maximum Gasteiger partial charge on any atom is 0.242 e. The van der Waals surface area contributed by atoms with Crippen molar-refractivity contribution in [1.82, 2.24) is 5.32 Å². The summed E-state index contributed by atoms with van der Waals surface area (Å²) in [6.45, 7) is 1.96. The second kappa shape index (κ2) is 5.08. The number of carbonyl (C=O) groups is 1. The monoisotopic (exact) mass is 256 g/mol. The van der Waals surface area contributed by atoms with Gasteiger partial charge in [0.25, 0.3) is 0 Å². The van der Waals surface area contributed by atoms with Gasteiger partial charge in [-0.15, -0.1) is 11.8 Å².